The van der Waals surface area contributed by atoms with Gasteiger partial charge >= 0.3 is 0 Å². The molecule has 0 saturated carbocycles. The van der Waals surface area contributed by atoms with E-state index in [-0.39, 0.29) is 30.9 Å². The number of fused-ring (bicyclic) bond motifs is 1. The van der Waals surface area contributed by atoms with Gasteiger partial charge in [-0.15, -0.1) is 24.8 Å². The molecule has 4 rings (SSSR count). The highest BCUT2D eigenvalue weighted by molar-refractivity contribution is 7.88. The van der Waals surface area contributed by atoms with Gasteiger partial charge in [-0.25, -0.2) is 8.42 Å². The molecule has 1 aromatic carbocycles. The molecular weight excluding hydrogens is 393 g/mol. The van der Waals surface area contributed by atoms with Crippen LogP contribution in [0.25, 0.3) is 0 Å². The van der Waals surface area contributed by atoms with E-state index in [9.17, 15) is 8.42 Å². The summed E-state index contributed by atoms with van der Waals surface area (Å²) in [5.74, 6) is 0.872. The van der Waals surface area contributed by atoms with Crippen LogP contribution < -0.4 is 5.32 Å². The summed E-state index contributed by atoms with van der Waals surface area (Å²) in [6, 6.07) is 10.9. The highest BCUT2D eigenvalue weighted by atomic mass is 35.5. The average molecular weight is 422 g/mol. The second-order valence-electron chi connectivity index (χ2n) is 7.55. The number of sulfonamides is 1. The zero-order valence-corrected chi connectivity index (χ0v) is 17.5. The van der Waals surface area contributed by atoms with Crippen LogP contribution in [0.1, 0.15) is 24.4 Å². The smallest absolute Gasteiger partial charge is 0.211 e. The van der Waals surface area contributed by atoms with Crippen molar-refractivity contribution in [2.45, 2.75) is 24.9 Å². The molecule has 3 heterocycles. The normalized spacial score (nSPS) is 30.4. The first-order chi connectivity index (χ1) is 11.5. The Morgan fingerprint density at radius 2 is 1.65 bits per heavy atom. The molecule has 3 fully saturated rings. The third-order valence-electron chi connectivity index (χ3n) is 6.04. The highest BCUT2D eigenvalue weighted by Gasteiger charge is 2.51. The molecule has 3 atom stereocenters. The second kappa shape index (κ2) is 8.76. The van der Waals surface area contributed by atoms with Gasteiger partial charge in [0, 0.05) is 25.7 Å². The molecular formula is C18H29Cl2N3O2S. The largest absolute Gasteiger partial charge is 0.317 e. The number of rotatable bonds is 3. The lowest BCUT2D eigenvalue weighted by Gasteiger charge is -2.34. The first-order valence-electron chi connectivity index (χ1n) is 9.00. The minimum Gasteiger partial charge on any atom is -0.317 e. The molecule has 26 heavy (non-hydrogen) atoms. The molecule has 0 unspecified atom stereocenters. The number of benzene rings is 1. The molecule has 8 heteroatoms. The van der Waals surface area contributed by atoms with Gasteiger partial charge in [0.05, 0.1) is 12.3 Å². The van der Waals surface area contributed by atoms with Gasteiger partial charge in [0.2, 0.25) is 10.0 Å². The molecule has 0 amide bonds. The van der Waals surface area contributed by atoms with Gasteiger partial charge in [-0.2, -0.15) is 4.31 Å². The van der Waals surface area contributed by atoms with E-state index in [1.54, 1.807) is 4.31 Å². The number of hydrogen-bond acceptors (Lipinski definition) is 4. The van der Waals surface area contributed by atoms with E-state index in [4.69, 9.17) is 0 Å². The minimum atomic E-state index is -3.18. The van der Waals surface area contributed by atoms with E-state index in [1.807, 2.05) is 18.2 Å². The molecule has 3 aliphatic rings. The molecule has 0 radical (unpaired) electrons. The lowest BCUT2D eigenvalue weighted by Crippen LogP contribution is -2.43. The van der Waals surface area contributed by atoms with Gasteiger partial charge < -0.3 is 5.32 Å². The van der Waals surface area contributed by atoms with Crippen molar-refractivity contribution in [3.63, 3.8) is 0 Å². The van der Waals surface area contributed by atoms with E-state index >= 15 is 0 Å². The molecule has 0 aromatic heterocycles. The first kappa shape index (κ1) is 21.9. The fourth-order valence-electron chi connectivity index (χ4n) is 4.92. The fourth-order valence-corrected chi connectivity index (χ4v) is 6.07. The number of nitrogens with zero attached hydrogens (tertiary/aromatic N) is 2. The predicted molar refractivity (Wildman–Crippen MR) is 110 cm³/mol. The van der Waals surface area contributed by atoms with E-state index in [0.717, 1.165) is 31.7 Å². The van der Waals surface area contributed by atoms with Crippen molar-refractivity contribution in [2.24, 2.45) is 11.8 Å². The number of nitrogens with one attached hydrogen (secondary N) is 1. The maximum Gasteiger partial charge on any atom is 0.211 e. The lowest BCUT2D eigenvalue weighted by atomic mass is 9.90. The zero-order valence-electron chi connectivity index (χ0n) is 15.1. The summed E-state index contributed by atoms with van der Waals surface area (Å²) in [7, 11) is -3.18. The summed E-state index contributed by atoms with van der Waals surface area (Å²) in [5.41, 5.74) is 1.14. The van der Waals surface area contributed by atoms with Crippen LogP contribution in [0.4, 0.5) is 0 Å². The molecule has 0 aliphatic carbocycles. The van der Waals surface area contributed by atoms with Crippen molar-refractivity contribution < 1.29 is 8.42 Å². The molecule has 3 aliphatic heterocycles. The Bertz CT molecular complexity index is 683. The lowest BCUT2D eigenvalue weighted by molar-refractivity contribution is 0.173. The van der Waals surface area contributed by atoms with Gasteiger partial charge in [0.25, 0.3) is 0 Å². The monoisotopic (exact) mass is 421 g/mol. The molecule has 0 spiro atoms. The standard InChI is InChI=1S/C18H27N3O2S.2ClH/c1-24(22,23)21-12-15-11-20(16-7-9-19-10-8-16)13-17(15)18(21)14-5-3-2-4-6-14;;/h2-6,15-19H,7-13H2,1H3;2*1H/t15-,17-,18+;;/m1../s1. The molecule has 1 N–H and O–H groups in total. The van der Waals surface area contributed by atoms with E-state index in [0.29, 0.717) is 24.4 Å². The SMILES string of the molecule is CS(=O)(=O)N1C[C@H]2CN(C3CCNCC3)C[C@H]2[C@@H]1c1ccccc1.Cl.Cl. The summed E-state index contributed by atoms with van der Waals surface area (Å²) in [6.45, 7) is 4.96. The van der Waals surface area contributed by atoms with Gasteiger partial charge in [-0.3, -0.25) is 4.90 Å². The predicted octanol–water partition coefficient (Wildman–Crippen LogP) is 2.15. The van der Waals surface area contributed by atoms with Crippen molar-refractivity contribution in [3.05, 3.63) is 35.9 Å². The number of likely N-dealkylation sites (tertiary alicyclic amines) is 1. The minimum absolute atomic E-state index is 0. The topological polar surface area (TPSA) is 52.7 Å². The van der Waals surface area contributed by atoms with Crippen molar-refractivity contribution in [1.29, 1.82) is 0 Å². The van der Waals surface area contributed by atoms with Crippen LogP contribution in [0.15, 0.2) is 30.3 Å². The quantitative estimate of drug-likeness (QED) is 0.811. The summed E-state index contributed by atoms with van der Waals surface area (Å²) in [5, 5.41) is 3.44. The Labute approximate surface area is 169 Å². The highest BCUT2D eigenvalue weighted by Crippen LogP contribution is 2.46. The second-order valence-corrected chi connectivity index (χ2v) is 9.48. The zero-order chi connectivity index (χ0) is 16.7. The number of hydrogen-bond donors (Lipinski definition) is 1. The fraction of sp³-hybridized carbons (Fsp3) is 0.667. The molecule has 3 saturated heterocycles. The Hall–Kier alpha value is -0.370. The first-order valence-corrected chi connectivity index (χ1v) is 10.9. The van der Waals surface area contributed by atoms with E-state index < -0.39 is 10.0 Å². The maximum absolute atomic E-state index is 12.3. The number of piperidine rings is 1. The van der Waals surface area contributed by atoms with Crippen LogP contribution >= 0.6 is 24.8 Å². The Balaban J connectivity index is 0.00000121. The number of halogens is 2. The summed E-state index contributed by atoms with van der Waals surface area (Å²) in [6.07, 6.45) is 3.78. The van der Waals surface area contributed by atoms with Crippen LogP contribution in [0.3, 0.4) is 0 Å². The molecule has 5 nitrogen and oxygen atoms in total. The van der Waals surface area contributed by atoms with Crippen LogP contribution in [-0.4, -0.2) is 62.6 Å². The molecule has 148 valence electrons. The Kier molecular flexibility index (Phi) is 7.38. The van der Waals surface area contributed by atoms with Crippen LogP contribution in [0.5, 0.6) is 0 Å². The van der Waals surface area contributed by atoms with Gasteiger partial charge in [0.15, 0.2) is 0 Å². The van der Waals surface area contributed by atoms with Crippen LogP contribution in [-0.2, 0) is 10.0 Å². The maximum atomic E-state index is 12.3. The summed E-state index contributed by atoms with van der Waals surface area (Å²) < 4.78 is 26.4. The Morgan fingerprint density at radius 3 is 2.27 bits per heavy atom. The van der Waals surface area contributed by atoms with Crippen molar-refractivity contribution in [3.8, 4) is 0 Å². The summed E-state index contributed by atoms with van der Waals surface area (Å²) >= 11 is 0. The van der Waals surface area contributed by atoms with Gasteiger partial charge in [-0.1, -0.05) is 30.3 Å². The third-order valence-corrected chi connectivity index (χ3v) is 7.27. The Morgan fingerprint density at radius 1 is 1.00 bits per heavy atom. The van der Waals surface area contributed by atoms with Crippen molar-refractivity contribution in [2.75, 3.05) is 39.0 Å². The molecule has 1 aromatic rings. The van der Waals surface area contributed by atoms with E-state index in [2.05, 4.69) is 22.3 Å². The molecule has 0 bridgehead atoms. The van der Waals surface area contributed by atoms with Crippen molar-refractivity contribution >= 4 is 34.8 Å². The van der Waals surface area contributed by atoms with Gasteiger partial charge in [-0.05, 0) is 43.3 Å². The third kappa shape index (κ3) is 4.21. The van der Waals surface area contributed by atoms with E-state index in [1.165, 1.54) is 19.1 Å². The van der Waals surface area contributed by atoms with Crippen LogP contribution in [0.2, 0.25) is 0 Å². The average Bonchev–Trinajstić information content (AvgIpc) is 3.14. The van der Waals surface area contributed by atoms with Crippen LogP contribution in [0, 0.1) is 11.8 Å². The van der Waals surface area contributed by atoms with Crippen molar-refractivity contribution in [1.82, 2.24) is 14.5 Å². The summed E-state index contributed by atoms with van der Waals surface area (Å²) in [4.78, 5) is 2.63. The van der Waals surface area contributed by atoms with Gasteiger partial charge in [0.1, 0.15) is 0 Å².